The Bertz CT molecular complexity index is 603. The van der Waals surface area contributed by atoms with Crippen LogP contribution in [0.25, 0.3) is 17.0 Å². The maximum absolute atomic E-state index is 3.45. The molecular formula is C17H21N. The second kappa shape index (κ2) is 4.31. The molecule has 0 bridgehead atoms. The first-order valence-electron chi connectivity index (χ1n) is 7.02. The summed E-state index contributed by atoms with van der Waals surface area (Å²) >= 11 is 0. The van der Waals surface area contributed by atoms with Crippen LogP contribution in [0, 0.1) is 0 Å². The van der Waals surface area contributed by atoms with E-state index in [1.54, 1.807) is 11.1 Å². The van der Waals surface area contributed by atoms with Crippen molar-refractivity contribution < 1.29 is 0 Å². The fraction of sp³-hybridized carbons (Fsp3) is 0.412. The molecule has 2 aromatic rings. The number of benzene rings is 1. The number of H-pyrrole nitrogens is 1. The van der Waals surface area contributed by atoms with Gasteiger partial charge in [-0.05, 0) is 47.4 Å². The summed E-state index contributed by atoms with van der Waals surface area (Å²) in [7, 11) is 0. The molecule has 1 aromatic heterocycles. The van der Waals surface area contributed by atoms with Gasteiger partial charge in [0, 0.05) is 17.1 Å². The minimum Gasteiger partial charge on any atom is -0.361 e. The lowest BCUT2D eigenvalue weighted by Gasteiger charge is -2.10. The molecule has 0 radical (unpaired) electrons. The van der Waals surface area contributed by atoms with Crippen LogP contribution in [0.15, 0.2) is 24.4 Å². The predicted molar refractivity (Wildman–Crippen MR) is 79.1 cm³/mol. The number of rotatable bonds is 2. The van der Waals surface area contributed by atoms with Crippen LogP contribution in [0.4, 0.5) is 0 Å². The summed E-state index contributed by atoms with van der Waals surface area (Å²) in [6, 6.07) is 4.62. The minimum atomic E-state index is 0.681. The van der Waals surface area contributed by atoms with E-state index in [-0.39, 0.29) is 0 Å². The standard InChI is InChI=1S/C17H21N/c1-4-5-6-13-10-15-11(2)9-12(3)16(15)17-14(13)7-8-18-17/h5-8,10-12,18H,4,9H2,1-3H3/t11?,12-/m0/s1. The van der Waals surface area contributed by atoms with Crippen molar-refractivity contribution >= 4 is 17.0 Å². The molecular weight excluding hydrogens is 218 g/mol. The predicted octanol–water partition coefficient (Wildman–Crippen LogP) is 5.20. The highest BCUT2D eigenvalue weighted by molar-refractivity contribution is 5.92. The first-order chi connectivity index (χ1) is 8.72. The normalized spacial score (nSPS) is 23.1. The molecule has 1 aliphatic carbocycles. The van der Waals surface area contributed by atoms with Crippen molar-refractivity contribution in [2.75, 3.05) is 0 Å². The number of aromatic amines is 1. The van der Waals surface area contributed by atoms with Crippen LogP contribution in [-0.4, -0.2) is 4.98 Å². The maximum Gasteiger partial charge on any atom is 0.0498 e. The molecule has 0 spiro atoms. The number of hydrogen-bond donors (Lipinski definition) is 1. The third-order valence-corrected chi connectivity index (χ3v) is 4.21. The van der Waals surface area contributed by atoms with Crippen LogP contribution in [0.1, 0.15) is 62.1 Å². The average Bonchev–Trinajstić information content (AvgIpc) is 2.92. The highest BCUT2D eigenvalue weighted by Gasteiger charge is 2.28. The van der Waals surface area contributed by atoms with E-state index in [4.69, 9.17) is 0 Å². The third-order valence-electron chi connectivity index (χ3n) is 4.21. The van der Waals surface area contributed by atoms with Gasteiger partial charge in [-0.25, -0.2) is 0 Å². The van der Waals surface area contributed by atoms with Crippen molar-refractivity contribution in [2.24, 2.45) is 0 Å². The molecule has 0 saturated heterocycles. The number of nitrogens with one attached hydrogen (secondary N) is 1. The zero-order chi connectivity index (χ0) is 12.7. The largest absolute Gasteiger partial charge is 0.361 e. The zero-order valence-corrected chi connectivity index (χ0v) is 11.5. The Morgan fingerprint density at radius 3 is 2.94 bits per heavy atom. The van der Waals surface area contributed by atoms with Crippen LogP contribution in [0.3, 0.4) is 0 Å². The molecule has 2 atom stereocenters. The summed E-state index contributed by atoms with van der Waals surface area (Å²) in [6.07, 6.45) is 8.96. The van der Waals surface area contributed by atoms with Crippen molar-refractivity contribution in [1.82, 2.24) is 4.98 Å². The lowest BCUT2D eigenvalue weighted by Crippen LogP contribution is -1.91. The number of aromatic nitrogens is 1. The molecule has 1 N–H and O–H groups in total. The van der Waals surface area contributed by atoms with Gasteiger partial charge in [0.05, 0.1) is 0 Å². The van der Waals surface area contributed by atoms with Gasteiger partial charge in [0.15, 0.2) is 0 Å². The van der Waals surface area contributed by atoms with Gasteiger partial charge < -0.3 is 4.98 Å². The van der Waals surface area contributed by atoms with Crippen molar-refractivity contribution in [3.63, 3.8) is 0 Å². The quantitative estimate of drug-likeness (QED) is 0.741. The Balaban J connectivity index is 2.28. The first-order valence-corrected chi connectivity index (χ1v) is 7.02. The van der Waals surface area contributed by atoms with Crippen LogP contribution < -0.4 is 0 Å². The highest BCUT2D eigenvalue weighted by atomic mass is 14.7. The van der Waals surface area contributed by atoms with Gasteiger partial charge in [0.2, 0.25) is 0 Å². The second-order valence-corrected chi connectivity index (χ2v) is 5.58. The summed E-state index contributed by atoms with van der Waals surface area (Å²) in [5.74, 6) is 1.37. The van der Waals surface area contributed by atoms with E-state index in [2.05, 4.69) is 56.2 Å². The minimum absolute atomic E-state index is 0.681. The van der Waals surface area contributed by atoms with Crippen LogP contribution in [0.2, 0.25) is 0 Å². The van der Waals surface area contributed by atoms with Crippen molar-refractivity contribution in [3.05, 3.63) is 41.1 Å². The van der Waals surface area contributed by atoms with Gasteiger partial charge in [-0.3, -0.25) is 0 Å². The molecule has 1 nitrogen and oxygen atoms in total. The fourth-order valence-corrected chi connectivity index (χ4v) is 3.40. The molecule has 1 heteroatoms. The molecule has 0 fully saturated rings. The molecule has 18 heavy (non-hydrogen) atoms. The Kier molecular flexibility index (Phi) is 2.77. The van der Waals surface area contributed by atoms with E-state index in [9.17, 15) is 0 Å². The summed E-state index contributed by atoms with van der Waals surface area (Å²) in [4.78, 5) is 3.45. The molecule has 1 aromatic carbocycles. The van der Waals surface area contributed by atoms with Gasteiger partial charge in [-0.15, -0.1) is 0 Å². The third kappa shape index (κ3) is 1.61. The van der Waals surface area contributed by atoms with E-state index < -0.39 is 0 Å². The van der Waals surface area contributed by atoms with Crippen LogP contribution in [0.5, 0.6) is 0 Å². The van der Waals surface area contributed by atoms with E-state index >= 15 is 0 Å². The van der Waals surface area contributed by atoms with Crippen molar-refractivity contribution in [2.45, 2.75) is 45.4 Å². The highest BCUT2D eigenvalue weighted by Crippen LogP contribution is 2.45. The lowest BCUT2D eigenvalue weighted by atomic mass is 9.96. The Morgan fingerprint density at radius 2 is 2.17 bits per heavy atom. The lowest BCUT2D eigenvalue weighted by molar-refractivity contribution is 0.662. The first kappa shape index (κ1) is 11.6. The summed E-state index contributed by atoms with van der Waals surface area (Å²) in [5, 5.41) is 1.37. The second-order valence-electron chi connectivity index (χ2n) is 5.58. The molecule has 1 unspecified atom stereocenters. The molecule has 3 rings (SSSR count). The molecule has 1 heterocycles. The molecule has 1 aliphatic rings. The molecule has 0 saturated carbocycles. The summed E-state index contributed by atoms with van der Waals surface area (Å²) in [5.41, 5.74) is 5.83. The Morgan fingerprint density at radius 1 is 1.33 bits per heavy atom. The van der Waals surface area contributed by atoms with Gasteiger partial charge in [0.25, 0.3) is 0 Å². The topological polar surface area (TPSA) is 15.8 Å². The maximum atomic E-state index is 3.45. The Labute approximate surface area is 109 Å². The van der Waals surface area contributed by atoms with Gasteiger partial charge in [-0.1, -0.05) is 39.0 Å². The Hall–Kier alpha value is -1.50. The summed E-state index contributed by atoms with van der Waals surface area (Å²) < 4.78 is 0. The van der Waals surface area contributed by atoms with Gasteiger partial charge in [-0.2, -0.15) is 0 Å². The van der Waals surface area contributed by atoms with E-state index in [1.165, 1.54) is 22.9 Å². The smallest absolute Gasteiger partial charge is 0.0498 e. The fourth-order valence-electron chi connectivity index (χ4n) is 3.40. The molecule has 0 aliphatic heterocycles. The average molecular weight is 239 g/mol. The van der Waals surface area contributed by atoms with Gasteiger partial charge in [0.1, 0.15) is 0 Å². The number of allylic oxidation sites excluding steroid dienone is 1. The van der Waals surface area contributed by atoms with Crippen LogP contribution in [-0.2, 0) is 0 Å². The number of fused-ring (bicyclic) bond motifs is 3. The zero-order valence-electron chi connectivity index (χ0n) is 11.5. The van der Waals surface area contributed by atoms with E-state index in [0.29, 0.717) is 11.8 Å². The number of hydrogen-bond acceptors (Lipinski definition) is 0. The monoisotopic (exact) mass is 239 g/mol. The SMILES string of the molecule is CCC=Cc1cc2c(c3[nH]ccc13)[C@@H](C)CC2C. The van der Waals surface area contributed by atoms with Crippen LogP contribution >= 0.6 is 0 Å². The van der Waals surface area contributed by atoms with E-state index in [1.807, 2.05) is 0 Å². The molecule has 94 valence electrons. The molecule has 0 amide bonds. The summed E-state index contributed by atoms with van der Waals surface area (Å²) in [6.45, 7) is 6.89. The van der Waals surface area contributed by atoms with Crippen molar-refractivity contribution in [1.29, 1.82) is 0 Å². The van der Waals surface area contributed by atoms with Crippen molar-refractivity contribution in [3.8, 4) is 0 Å². The van der Waals surface area contributed by atoms with Gasteiger partial charge >= 0.3 is 0 Å². The van der Waals surface area contributed by atoms with E-state index in [0.717, 1.165) is 6.42 Å².